The average Bonchev–Trinajstić information content (AvgIpc) is 3.17. The fourth-order valence-electron chi connectivity index (χ4n) is 3.88. The molecular weight excluding hydrogens is 326 g/mol. The summed E-state index contributed by atoms with van der Waals surface area (Å²) < 4.78 is 1.73. The van der Waals surface area contributed by atoms with Crippen molar-refractivity contribution in [2.75, 3.05) is 29.0 Å². The molecule has 0 saturated carbocycles. The second kappa shape index (κ2) is 5.72. The summed E-state index contributed by atoms with van der Waals surface area (Å²) in [6.45, 7) is 2.19. The first-order valence-electron chi connectivity index (χ1n) is 8.91. The standard InChI is InChI=1S/C19H21N7/c1-25-10-13(18(20)24-25)9-15-8-12(4-6-21-15)16-2-3-17-19(23-16)22-14-5-7-26(17)11-14/h2-4,6,8,10,14H,5,7,9,11H2,1H3,(H2,20,24)(H,22,23)/t14-/m0/s1. The lowest BCUT2D eigenvalue weighted by Gasteiger charge is -2.28. The Balaban J connectivity index is 1.46. The lowest BCUT2D eigenvalue weighted by Crippen LogP contribution is -2.32. The quantitative estimate of drug-likeness (QED) is 0.754. The molecule has 3 N–H and O–H groups in total. The minimum atomic E-state index is 0.520. The summed E-state index contributed by atoms with van der Waals surface area (Å²) in [4.78, 5) is 11.8. The number of aromatic nitrogens is 4. The molecule has 0 aromatic carbocycles. The van der Waals surface area contributed by atoms with Crippen LogP contribution in [0.5, 0.6) is 0 Å². The van der Waals surface area contributed by atoms with E-state index in [9.17, 15) is 0 Å². The first-order valence-corrected chi connectivity index (χ1v) is 8.91. The second-order valence-corrected chi connectivity index (χ2v) is 7.07. The molecule has 5 rings (SSSR count). The third-order valence-corrected chi connectivity index (χ3v) is 5.16. The minimum Gasteiger partial charge on any atom is -0.382 e. The summed E-state index contributed by atoms with van der Waals surface area (Å²) in [5.41, 5.74) is 11.1. The third kappa shape index (κ3) is 2.56. The molecule has 3 aromatic heterocycles. The van der Waals surface area contributed by atoms with Crippen LogP contribution in [0.15, 0.2) is 36.7 Å². The van der Waals surface area contributed by atoms with Gasteiger partial charge >= 0.3 is 0 Å². The largest absolute Gasteiger partial charge is 0.382 e. The monoisotopic (exact) mass is 347 g/mol. The Morgan fingerprint density at radius 1 is 1.31 bits per heavy atom. The van der Waals surface area contributed by atoms with E-state index >= 15 is 0 Å². The van der Waals surface area contributed by atoms with Crippen LogP contribution >= 0.6 is 0 Å². The molecule has 26 heavy (non-hydrogen) atoms. The smallest absolute Gasteiger partial charge is 0.150 e. The van der Waals surface area contributed by atoms with Crippen molar-refractivity contribution >= 4 is 17.3 Å². The Kier molecular flexibility index (Phi) is 3.34. The third-order valence-electron chi connectivity index (χ3n) is 5.16. The van der Waals surface area contributed by atoms with Crippen molar-refractivity contribution in [3.63, 3.8) is 0 Å². The van der Waals surface area contributed by atoms with Crippen molar-refractivity contribution < 1.29 is 0 Å². The fraction of sp³-hybridized carbons (Fsp3) is 0.316. The van der Waals surface area contributed by atoms with Crippen molar-refractivity contribution in [1.29, 1.82) is 0 Å². The number of nitrogen functional groups attached to an aromatic ring is 1. The van der Waals surface area contributed by atoms with Crippen LogP contribution in [0, 0.1) is 0 Å². The van der Waals surface area contributed by atoms with Crippen LogP contribution in [0.4, 0.5) is 17.3 Å². The van der Waals surface area contributed by atoms with Crippen molar-refractivity contribution in [2.45, 2.75) is 18.9 Å². The van der Waals surface area contributed by atoms with Gasteiger partial charge in [0.25, 0.3) is 0 Å². The number of hydrogen-bond acceptors (Lipinski definition) is 6. The van der Waals surface area contributed by atoms with Gasteiger partial charge in [-0.1, -0.05) is 0 Å². The number of anilines is 3. The summed E-state index contributed by atoms with van der Waals surface area (Å²) in [7, 11) is 1.87. The SMILES string of the molecule is Cn1cc(Cc2cc(-c3ccc4c(n3)N[C@H]3CCN4C3)ccn2)c(N)n1. The Labute approximate surface area is 151 Å². The van der Waals surface area contributed by atoms with Gasteiger partial charge < -0.3 is 16.0 Å². The Hall–Kier alpha value is -3.09. The highest BCUT2D eigenvalue weighted by molar-refractivity contribution is 5.74. The molecule has 0 unspecified atom stereocenters. The molecule has 0 amide bonds. The van der Waals surface area contributed by atoms with E-state index < -0.39 is 0 Å². The second-order valence-electron chi connectivity index (χ2n) is 7.07. The molecule has 0 aliphatic carbocycles. The number of hydrogen-bond donors (Lipinski definition) is 2. The highest BCUT2D eigenvalue weighted by atomic mass is 15.3. The summed E-state index contributed by atoms with van der Waals surface area (Å²) in [6, 6.07) is 8.87. The van der Waals surface area contributed by atoms with E-state index in [-0.39, 0.29) is 0 Å². The topological polar surface area (TPSA) is 84.9 Å². The number of nitrogens with zero attached hydrogens (tertiary/aromatic N) is 5. The normalized spacial score (nSPS) is 17.9. The van der Waals surface area contributed by atoms with E-state index in [0.717, 1.165) is 41.4 Å². The van der Waals surface area contributed by atoms with Gasteiger partial charge in [0, 0.05) is 61.8 Å². The van der Waals surface area contributed by atoms with E-state index in [1.54, 1.807) is 4.68 Å². The van der Waals surface area contributed by atoms with E-state index in [2.05, 4.69) is 38.5 Å². The van der Waals surface area contributed by atoms with Crippen LogP contribution in [-0.2, 0) is 13.5 Å². The summed E-state index contributed by atoms with van der Waals surface area (Å²) in [5, 5.41) is 7.76. The Morgan fingerprint density at radius 2 is 2.23 bits per heavy atom. The Morgan fingerprint density at radius 3 is 3.08 bits per heavy atom. The van der Waals surface area contributed by atoms with Crippen LogP contribution in [-0.4, -0.2) is 38.9 Å². The van der Waals surface area contributed by atoms with E-state index in [0.29, 0.717) is 18.3 Å². The van der Waals surface area contributed by atoms with Gasteiger partial charge in [0.05, 0.1) is 11.4 Å². The van der Waals surface area contributed by atoms with Crippen LogP contribution < -0.4 is 16.0 Å². The number of pyridine rings is 2. The molecule has 132 valence electrons. The highest BCUT2D eigenvalue weighted by Crippen LogP contribution is 2.35. The molecule has 1 saturated heterocycles. The molecule has 3 aromatic rings. The zero-order valence-corrected chi connectivity index (χ0v) is 14.7. The van der Waals surface area contributed by atoms with Crippen LogP contribution in [0.3, 0.4) is 0 Å². The van der Waals surface area contributed by atoms with E-state index in [1.165, 1.54) is 12.1 Å². The fourth-order valence-corrected chi connectivity index (χ4v) is 3.88. The first kappa shape index (κ1) is 15.2. The summed E-state index contributed by atoms with van der Waals surface area (Å²) in [6.07, 6.45) is 5.61. The van der Waals surface area contributed by atoms with Crippen LogP contribution in [0.1, 0.15) is 17.7 Å². The van der Waals surface area contributed by atoms with Gasteiger partial charge in [0.2, 0.25) is 0 Å². The van der Waals surface area contributed by atoms with Gasteiger partial charge in [-0.2, -0.15) is 5.10 Å². The van der Waals surface area contributed by atoms with Gasteiger partial charge in [-0.15, -0.1) is 0 Å². The molecule has 1 fully saturated rings. The number of nitrogens with two attached hydrogens (primary N) is 1. The van der Waals surface area contributed by atoms with Crippen molar-refractivity contribution in [1.82, 2.24) is 19.7 Å². The molecule has 5 heterocycles. The van der Waals surface area contributed by atoms with E-state index in [4.69, 9.17) is 10.7 Å². The molecule has 2 aliphatic rings. The zero-order chi connectivity index (χ0) is 17.7. The number of aryl methyl sites for hydroxylation is 1. The van der Waals surface area contributed by atoms with Crippen molar-refractivity contribution in [3.05, 3.63) is 47.9 Å². The van der Waals surface area contributed by atoms with E-state index in [1.807, 2.05) is 25.5 Å². The molecular formula is C19H21N7. The predicted octanol–water partition coefficient (Wildman–Crippen LogP) is 2.05. The van der Waals surface area contributed by atoms with Gasteiger partial charge in [-0.05, 0) is 30.7 Å². The molecule has 7 nitrogen and oxygen atoms in total. The number of rotatable bonds is 3. The van der Waals surface area contributed by atoms with Crippen molar-refractivity contribution in [3.8, 4) is 11.3 Å². The maximum absolute atomic E-state index is 5.96. The summed E-state index contributed by atoms with van der Waals surface area (Å²) >= 11 is 0. The predicted molar refractivity (Wildman–Crippen MR) is 102 cm³/mol. The molecule has 2 bridgehead atoms. The van der Waals surface area contributed by atoms with Gasteiger partial charge in [0.15, 0.2) is 5.82 Å². The van der Waals surface area contributed by atoms with Crippen LogP contribution in [0.25, 0.3) is 11.3 Å². The number of nitrogens with one attached hydrogen (secondary N) is 1. The number of fused-ring (bicyclic) bond motifs is 4. The molecule has 0 radical (unpaired) electrons. The molecule has 1 atom stereocenters. The van der Waals surface area contributed by atoms with Gasteiger partial charge in [-0.3, -0.25) is 9.67 Å². The van der Waals surface area contributed by atoms with Gasteiger partial charge in [0.1, 0.15) is 5.82 Å². The summed E-state index contributed by atoms with van der Waals surface area (Å²) in [5.74, 6) is 1.55. The molecule has 0 spiro atoms. The van der Waals surface area contributed by atoms with Crippen molar-refractivity contribution in [2.24, 2.45) is 7.05 Å². The highest BCUT2D eigenvalue weighted by Gasteiger charge is 2.30. The zero-order valence-electron chi connectivity index (χ0n) is 14.7. The Bertz CT molecular complexity index is 978. The van der Waals surface area contributed by atoms with Crippen LogP contribution in [0.2, 0.25) is 0 Å². The minimum absolute atomic E-state index is 0.520. The molecule has 2 aliphatic heterocycles. The lowest BCUT2D eigenvalue weighted by molar-refractivity contribution is 0.771. The maximum atomic E-state index is 5.96. The lowest BCUT2D eigenvalue weighted by atomic mass is 10.1. The van der Waals surface area contributed by atoms with Gasteiger partial charge in [-0.25, -0.2) is 4.98 Å². The first-order chi connectivity index (χ1) is 12.7. The average molecular weight is 347 g/mol. The molecule has 7 heteroatoms. The maximum Gasteiger partial charge on any atom is 0.150 e.